The molecule has 3 heteroatoms. The molecular formula is C16H20O2Ti. The molecule has 0 aliphatic heterocycles. The molecule has 2 aromatic carbocycles. The third kappa shape index (κ3) is 4.02. The Morgan fingerprint density at radius 2 is 1.05 bits per heavy atom. The molecule has 0 bridgehead atoms. The minimum atomic E-state index is -2.79. The fraction of sp³-hybridized carbons (Fsp3) is 0.250. The second kappa shape index (κ2) is 7.02. The van der Waals surface area contributed by atoms with Crippen LogP contribution in [-0.2, 0) is 33.5 Å². The Labute approximate surface area is 119 Å². The maximum atomic E-state index is 5.86. The Hall–Kier alpha value is -0.926. The summed E-state index contributed by atoms with van der Waals surface area (Å²) in [6.07, 6.45) is 0. The summed E-state index contributed by atoms with van der Waals surface area (Å²) in [6, 6.07) is 20.9. The van der Waals surface area contributed by atoms with Gasteiger partial charge in [-0.3, -0.25) is 0 Å². The molecule has 0 unspecified atom stereocenters. The molecule has 0 fully saturated rings. The van der Waals surface area contributed by atoms with Gasteiger partial charge < -0.3 is 0 Å². The number of hydrogen-bond donors (Lipinski definition) is 0. The van der Waals surface area contributed by atoms with E-state index in [-0.39, 0.29) is 0 Å². The molecule has 0 aliphatic rings. The predicted molar refractivity (Wildman–Crippen MR) is 74.3 cm³/mol. The van der Waals surface area contributed by atoms with E-state index in [0.29, 0.717) is 0 Å². The molecule has 0 saturated carbocycles. The van der Waals surface area contributed by atoms with Crippen LogP contribution in [0.25, 0.3) is 0 Å². The fourth-order valence-corrected chi connectivity index (χ4v) is 6.28. The molecule has 0 spiro atoms. The summed E-state index contributed by atoms with van der Waals surface area (Å²) in [5.41, 5.74) is 2.59. The van der Waals surface area contributed by atoms with E-state index in [2.05, 4.69) is 48.5 Å². The van der Waals surface area contributed by atoms with E-state index >= 15 is 0 Å². The first-order valence-corrected chi connectivity index (χ1v) is 9.94. The Balaban J connectivity index is 2.18. The summed E-state index contributed by atoms with van der Waals surface area (Å²) in [5, 5.41) is 0. The van der Waals surface area contributed by atoms with Crippen molar-refractivity contribution < 1.29 is 24.0 Å². The van der Waals surface area contributed by atoms with Crippen LogP contribution in [0.5, 0.6) is 0 Å². The molecule has 0 amide bonds. The summed E-state index contributed by atoms with van der Waals surface area (Å²) < 4.78 is 13.6. The number of hydrogen-bond acceptors (Lipinski definition) is 2. The van der Waals surface area contributed by atoms with E-state index in [1.165, 1.54) is 11.1 Å². The van der Waals surface area contributed by atoms with Crippen molar-refractivity contribution >= 4 is 0 Å². The van der Waals surface area contributed by atoms with E-state index in [9.17, 15) is 0 Å². The summed E-state index contributed by atoms with van der Waals surface area (Å²) in [6.45, 7) is 0. The quantitative estimate of drug-likeness (QED) is 0.756. The van der Waals surface area contributed by atoms with Crippen molar-refractivity contribution in [1.82, 2.24) is 0 Å². The van der Waals surface area contributed by atoms with Crippen molar-refractivity contribution in [2.45, 2.75) is 9.45 Å². The molecule has 0 atom stereocenters. The van der Waals surface area contributed by atoms with Crippen LogP contribution < -0.4 is 0 Å². The van der Waals surface area contributed by atoms with E-state index < -0.39 is 17.4 Å². The molecule has 0 heterocycles. The van der Waals surface area contributed by atoms with Crippen molar-refractivity contribution in [3.05, 3.63) is 71.8 Å². The van der Waals surface area contributed by atoms with Crippen LogP contribution in [0.4, 0.5) is 0 Å². The first-order valence-electron chi connectivity index (χ1n) is 6.46. The van der Waals surface area contributed by atoms with Gasteiger partial charge in [0.1, 0.15) is 0 Å². The van der Waals surface area contributed by atoms with Gasteiger partial charge in [-0.25, -0.2) is 0 Å². The van der Waals surface area contributed by atoms with Gasteiger partial charge in [0, 0.05) is 0 Å². The Kier molecular flexibility index (Phi) is 5.35. The monoisotopic (exact) mass is 292 g/mol. The molecule has 19 heavy (non-hydrogen) atoms. The van der Waals surface area contributed by atoms with Crippen molar-refractivity contribution in [3.8, 4) is 0 Å². The van der Waals surface area contributed by atoms with Crippen molar-refractivity contribution in [2.75, 3.05) is 14.2 Å². The Morgan fingerprint density at radius 3 is 1.37 bits per heavy atom. The molecule has 2 aromatic rings. The Bertz CT molecular complexity index is 437. The Morgan fingerprint density at radius 1 is 0.684 bits per heavy atom. The molecular weight excluding hydrogens is 272 g/mol. The van der Waals surface area contributed by atoms with E-state index in [1.807, 2.05) is 12.1 Å². The third-order valence-electron chi connectivity index (χ3n) is 3.38. The normalized spacial score (nSPS) is 11.5. The zero-order valence-corrected chi connectivity index (χ0v) is 13.1. The molecule has 100 valence electrons. The molecule has 0 aliphatic carbocycles. The van der Waals surface area contributed by atoms with Gasteiger partial charge in [0.05, 0.1) is 0 Å². The average Bonchev–Trinajstić information content (AvgIpc) is 2.48. The van der Waals surface area contributed by atoms with E-state index in [4.69, 9.17) is 6.64 Å². The molecule has 0 aromatic heterocycles. The summed E-state index contributed by atoms with van der Waals surface area (Å²) in [4.78, 5) is 0. The zero-order chi connectivity index (χ0) is 13.6. The van der Waals surface area contributed by atoms with E-state index in [1.54, 1.807) is 14.2 Å². The van der Waals surface area contributed by atoms with Gasteiger partial charge in [0.15, 0.2) is 0 Å². The average molecular weight is 292 g/mol. The minimum absolute atomic E-state index is 0.919. The SMILES string of the molecule is C[O][Ti]([CH2]c1ccccc1)([CH2]c1ccccc1)[O]C. The van der Waals surface area contributed by atoms with Crippen molar-refractivity contribution in [3.63, 3.8) is 0 Å². The van der Waals surface area contributed by atoms with Gasteiger partial charge in [0.25, 0.3) is 0 Å². The second-order valence-corrected chi connectivity index (χ2v) is 9.87. The number of rotatable bonds is 6. The van der Waals surface area contributed by atoms with Gasteiger partial charge in [-0.2, -0.15) is 0 Å². The van der Waals surface area contributed by atoms with Crippen LogP contribution in [0, 0.1) is 0 Å². The first-order chi connectivity index (χ1) is 9.28. The van der Waals surface area contributed by atoms with Gasteiger partial charge in [-0.05, 0) is 0 Å². The fourth-order valence-electron chi connectivity index (χ4n) is 2.25. The van der Waals surface area contributed by atoms with Gasteiger partial charge in [-0.15, -0.1) is 0 Å². The van der Waals surface area contributed by atoms with Gasteiger partial charge >= 0.3 is 119 Å². The first kappa shape index (κ1) is 14.5. The molecule has 0 saturated heterocycles. The van der Waals surface area contributed by atoms with Crippen LogP contribution in [0.1, 0.15) is 11.1 Å². The standard InChI is InChI=1S/2C7H7.2CH3O.Ti/c2*1-7-5-3-2-4-6-7;2*1-2;/h2*2-6H,1H2;2*1H3;/q;;2*-1;+2. The molecule has 0 N–H and O–H groups in total. The van der Waals surface area contributed by atoms with Crippen molar-refractivity contribution in [2.24, 2.45) is 0 Å². The second-order valence-electron chi connectivity index (χ2n) is 4.64. The van der Waals surface area contributed by atoms with Gasteiger partial charge in [0.2, 0.25) is 0 Å². The van der Waals surface area contributed by atoms with Gasteiger partial charge in [-0.1, -0.05) is 0 Å². The third-order valence-corrected chi connectivity index (χ3v) is 8.66. The molecule has 0 radical (unpaired) electrons. The van der Waals surface area contributed by atoms with Crippen LogP contribution >= 0.6 is 0 Å². The molecule has 2 rings (SSSR count). The van der Waals surface area contributed by atoms with Crippen molar-refractivity contribution in [1.29, 1.82) is 0 Å². The predicted octanol–water partition coefficient (Wildman–Crippen LogP) is 3.66. The van der Waals surface area contributed by atoms with Crippen LogP contribution in [0.2, 0.25) is 0 Å². The van der Waals surface area contributed by atoms with Crippen LogP contribution in [0.15, 0.2) is 60.7 Å². The van der Waals surface area contributed by atoms with E-state index in [0.717, 1.165) is 9.45 Å². The maximum absolute atomic E-state index is 5.86. The number of benzene rings is 2. The summed E-state index contributed by atoms with van der Waals surface area (Å²) >= 11 is -2.79. The van der Waals surface area contributed by atoms with Crippen LogP contribution in [-0.4, -0.2) is 14.2 Å². The summed E-state index contributed by atoms with van der Waals surface area (Å²) in [7, 11) is 3.57. The summed E-state index contributed by atoms with van der Waals surface area (Å²) in [5.74, 6) is 0. The van der Waals surface area contributed by atoms with Crippen LogP contribution in [0.3, 0.4) is 0 Å². The topological polar surface area (TPSA) is 18.5 Å². The zero-order valence-electron chi connectivity index (χ0n) is 11.5. The molecule has 2 nitrogen and oxygen atoms in total.